The van der Waals surface area contributed by atoms with Gasteiger partial charge in [-0.2, -0.15) is 0 Å². The SMILES string of the molecule is CCC(C)NC(=O)C(CC)N(Cc1ccccc1C)C(=O)CN(c1cccc(C)c1C)S(=O)(=O)c1ccccc1. The topological polar surface area (TPSA) is 86.8 Å². The van der Waals surface area contributed by atoms with Gasteiger partial charge in [0.05, 0.1) is 10.6 Å². The fourth-order valence-corrected chi connectivity index (χ4v) is 6.06. The molecule has 2 amide bonds. The normalized spacial score (nSPS) is 12.8. The number of carbonyl (C=O) groups excluding carboxylic acids is 2. The highest BCUT2D eigenvalue weighted by Crippen LogP contribution is 2.29. The van der Waals surface area contributed by atoms with Crippen molar-refractivity contribution in [1.29, 1.82) is 0 Å². The van der Waals surface area contributed by atoms with Crippen LogP contribution in [0.5, 0.6) is 0 Å². The van der Waals surface area contributed by atoms with Crippen LogP contribution in [0.4, 0.5) is 5.69 Å². The van der Waals surface area contributed by atoms with Crippen molar-refractivity contribution in [1.82, 2.24) is 10.2 Å². The van der Waals surface area contributed by atoms with Gasteiger partial charge in [0.1, 0.15) is 12.6 Å². The predicted molar refractivity (Wildman–Crippen MR) is 161 cm³/mol. The highest BCUT2D eigenvalue weighted by molar-refractivity contribution is 7.92. The lowest BCUT2D eigenvalue weighted by atomic mass is 10.1. The van der Waals surface area contributed by atoms with E-state index >= 15 is 0 Å². The number of aryl methyl sites for hydroxylation is 2. The van der Waals surface area contributed by atoms with Crippen molar-refractivity contribution in [3.63, 3.8) is 0 Å². The highest BCUT2D eigenvalue weighted by Gasteiger charge is 2.34. The van der Waals surface area contributed by atoms with Crippen molar-refractivity contribution in [2.24, 2.45) is 0 Å². The molecule has 1 N–H and O–H groups in total. The monoisotopic (exact) mass is 563 g/mol. The Morgan fingerprint density at radius 1 is 0.825 bits per heavy atom. The van der Waals surface area contributed by atoms with Crippen LogP contribution in [-0.2, 0) is 26.2 Å². The molecule has 0 spiro atoms. The second-order valence-electron chi connectivity index (χ2n) is 10.2. The molecule has 214 valence electrons. The summed E-state index contributed by atoms with van der Waals surface area (Å²) in [6, 6.07) is 20.4. The molecule has 0 heterocycles. The summed E-state index contributed by atoms with van der Waals surface area (Å²) in [5.74, 6) is -0.696. The molecule has 0 aliphatic carbocycles. The Morgan fingerprint density at radius 2 is 1.45 bits per heavy atom. The minimum Gasteiger partial charge on any atom is -0.352 e. The van der Waals surface area contributed by atoms with Crippen molar-refractivity contribution >= 4 is 27.5 Å². The number of carbonyl (C=O) groups is 2. The lowest BCUT2D eigenvalue weighted by Crippen LogP contribution is -2.53. The van der Waals surface area contributed by atoms with Crippen molar-refractivity contribution < 1.29 is 18.0 Å². The summed E-state index contributed by atoms with van der Waals surface area (Å²) in [5.41, 5.74) is 4.00. The maximum atomic E-state index is 14.2. The van der Waals surface area contributed by atoms with E-state index in [4.69, 9.17) is 0 Å². The predicted octanol–water partition coefficient (Wildman–Crippen LogP) is 5.53. The second-order valence-corrected chi connectivity index (χ2v) is 12.1. The summed E-state index contributed by atoms with van der Waals surface area (Å²) >= 11 is 0. The molecule has 40 heavy (non-hydrogen) atoms. The summed E-state index contributed by atoms with van der Waals surface area (Å²) in [5, 5.41) is 3.01. The van der Waals surface area contributed by atoms with Crippen LogP contribution in [0, 0.1) is 20.8 Å². The van der Waals surface area contributed by atoms with E-state index in [1.165, 1.54) is 21.3 Å². The number of hydrogen-bond acceptors (Lipinski definition) is 4. The molecule has 0 fully saturated rings. The zero-order valence-electron chi connectivity index (χ0n) is 24.3. The van der Waals surface area contributed by atoms with Gasteiger partial charge in [-0.3, -0.25) is 13.9 Å². The number of sulfonamides is 1. The number of rotatable bonds is 12. The standard InChI is InChI=1S/C32H41N3O4S/c1-7-25(5)33-32(37)29(8-2)34(21-27-17-13-12-15-24(27)4)31(36)22-35(30-20-14-16-23(3)26(30)6)40(38,39)28-18-10-9-11-19-28/h9-20,25,29H,7-8,21-22H2,1-6H3,(H,33,37). The maximum absolute atomic E-state index is 14.2. The molecule has 7 nitrogen and oxygen atoms in total. The van der Waals surface area contributed by atoms with Crippen molar-refractivity contribution in [3.8, 4) is 0 Å². The first-order valence-electron chi connectivity index (χ1n) is 13.8. The second kappa shape index (κ2) is 13.6. The molecule has 0 bridgehead atoms. The lowest BCUT2D eigenvalue weighted by Gasteiger charge is -2.34. The van der Waals surface area contributed by atoms with Gasteiger partial charge in [-0.15, -0.1) is 0 Å². The smallest absolute Gasteiger partial charge is 0.264 e. The van der Waals surface area contributed by atoms with E-state index in [1.54, 1.807) is 30.3 Å². The number of benzene rings is 3. The van der Waals surface area contributed by atoms with Crippen LogP contribution < -0.4 is 9.62 Å². The molecule has 0 aromatic heterocycles. The van der Waals surface area contributed by atoms with Gasteiger partial charge < -0.3 is 10.2 Å². The molecule has 3 aromatic rings. The quantitative estimate of drug-likeness (QED) is 0.314. The zero-order valence-corrected chi connectivity index (χ0v) is 25.2. The molecule has 2 atom stereocenters. The van der Waals surface area contributed by atoms with Crippen molar-refractivity contribution in [2.45, 2.75) is 77.9 Å². The molecule has 0 aliphatic rings. The summed E-state index contributed by atoms with van der Waals surface area (Å²) in [6.07, 6.45) is 1.14. The third kappa shape index (κ3) is 7.10. The van der Waals surface area contributed by atoms with E-state index in [-0.39, 0.29) is 23.4 Å². The molecule has 0 radical (unpaired) electrons. The van der Waals surface area contributed by atoms with Crippen LogP contribution in [0.1, 0.15) is 55.9 Å². The van der Waals surface area contributed by atoms with Gasteiger partial charge in [0.25, 0.3) is 10.0 Å². The van der Waals surface area contributed by atoms with Gasteiger partial charge in [-0.05, 0) is 81.0 Å². The van der Waals surface area contributed by atoms with Crippen molar-refractivity contribution in [3.05, 3.63) is 95.1 Å². The fraction of sp³-hybridized carbons (Fsp3) is 0.375. The molecule has 0 aliphatic heterocycles. The van der Waals surface area contributed by atoms with Gasteiger partial charge in [0.2, 0.25) is 11.8 Å². The third-order valence-electron chi connectivity index (χ3n) is 7.44. The minimum atomic E-state index is -4.09. The first-order chi connectivity index (χ1) is 19.0. The Labute approximate surface area is 239 Å². The summed E-state index contributed by atoms with van der Waals surface area (Å²) in [6.45, 7) is 11.2. The number of nitrogens with one attached hydrogen (secondary N) is 1. The largest absolute Gasteiger partial charge is 0.352 e. The third-order valence-corrected chi connectivity index (χ3v) is 9.22. The van der Waals surface area contributed by atoms with Crippen LogP contribution in [0.25, 0.3) is 0 Å². The van der Waals surface area contributed by atoms with Gasteiger partial charge in [0.15, 0.2) is 0 Å². The molecule has 0 saturated carbocycles. The Morgan fingerprint density at radius 3 is 2.08 bits per heavy atom. The Hall–Kier alpha value is -3.65. The molecule has 0 saturated heterocycles. The van der Waals surface area contributed by atoms with E-state index in [9.17, 15) is 18.0 Å². The molecule has 3 rings (SSSR count). The van der Waals surface area contributed by atoms with Crippen LogP contribution >= 0.6 is 0 Å². The maximum Gasteiger partial charge on any atom is 0.264 e. The molecule has 2 unspecified atom stereocenters. The summed E-state index contributed by atoms with van der Waals surface area (Å²) in [7, 11) is -4.09. The first-order valence-corrected chi connectivity index (χ1v) is 15.2. The van der Waals surface area contributed by atoms with E-state index < -0.39 is 28.5 Å². The van der Waals surface area contributed by atoms with Crippen LogP contribution in [0.15, 0.2) is 77.7 Å². The summed E-state index contributed by atoms with van der Waals surface area (Å²) < 4.78 is 29.2. The Kier molecular flexibility index (Phi) is 10.5. The number of nitrogens with zero attached hydrogens (tertiary/aromatic N) is 2. The highest BCUT2D eigenvalue weighted by atomic mass is 32.2. The average molecular weight is 564 g/mol. The fourth-order valence-electron chi connectivity index (χ4n) is 4.57. The Bertz CT molecular complexity index is 1420. The van der Waals surface area contributed by atoms with Crippen LogP contribution in [0.2, 0.25) is 0 Å². The van der Waals surface area contributed by atoms with Gasteiger partial charge >= 0.3 is 0 Å². The molecule has 3 aromatic carbocycles. The molecular weight excluding hydrogens is 522 g/mol. The van der Waals surface area contributed by atoms with Gasteiger partial charge in [-0.1, -0.05) is 68.4 Å². The minimum absolute atomic E-state index is 0.0538. The van der Waals surface area contributed by atoms with Crippen LogP contribution in [-0.4, -0.2) is 43.8 Å². The van der Waals surface area contributed by atoms with Gasteiger partial charge in [-0.25, -0.2) is 8.42 Å². The van der Waals surface area contributed by atoms with Crippen molar-refractivity contribution in [2.75, 3.05) is 10.8 Å². The van der Waals surface area contributed by atoms with E-state index in [0.29, 0.717) is 12.1 Å². The van der Waals surface area contributed by atoms with Crippen LogP contribution in [0.3, 0.4) is 0 Å². The molecular formula is C32H41N3O4S. The van der Waals surface area contributed by atoms with E-state index in [1.807, 2.05) is 71.9 Å². The molecule has 8 heteroatoms. The number of amides is 2. The number of hydrogen-bond donors (Lipinski definition) is 1. The number of anilines is 1. The zero-order chi connectivity index (χ0) is 29.4. The van der Waals surface area contributed by atoms with Gasteiger partial charge in [0, 0.05) is 12.6 Å². The van der Waals surface area contributed by atoms with E-state index in [0.717, 1.165) is 28.7 Å². The average Bonchev–Trinajstić information content (AvgIpc) is 2.94. The summed E-state index contributed by atoms with van der Waals surface area (Å²) in [4.78, 5) is 29.2. The first kappa shape index (κ1) is 30.9. The lowest BCUT2D eigenvalue weighted by molar-refractivity contribution is -0.140. The Balaban J connectivity index is 2.10. The van der Waals surface area contributed by atoms with E-state index in [2.05, 4.69) is 5.32 Å².